The van der Waals surface area contributed by atoms with Crippen molar-refractivity contribution in [1.82, 2.24) is 15.2 Å². The van der Waals surface area contributed by atoms with Crippen LogP contribution in [-0.2, 0) is 6.42 Å². The normalized spacial score (nSPS) is 19.2. The summed E-state index contributed by atoms with van der Waals surface area (Å²) in [4.78, 5) is 18.8. The highest BCUT2D eigenvalue weighted by molar-refractivity contribution is 5.94. The van der Waals surface area contributed by atoms with E-state index in [-0.39, 0.29) is 5.91 Å². The lowest BCUT2D eigenvalue weighted by Gasteiger charge is -2.22. The number of nitrogens with two attached hydrogens (primary N) is 1. The van der Waals surface area contributed by atoms with Crippen LogP contribution in [0.2, 0.25) is 0 Å². The number of likely N-dealkylation sites (tertiary alicyclic amines) is 1. The van der Waals surface area contributed by atoms with E-state index in [1.54, 1.807) is 6.07 Å². The fourth-order valence-electron chi connectivity index (χ4n) is 2.78. The van der Waals surface area contributed by atoms with Crippen LogP contribution < -0.4 is 11.1 Å². The van der Waals surface area contributed by atoms with Crippen molar-refractivity contribution in [2.24, 2.45) is 0 Å². The second-order valence-corrected chi connectivity index (χ2v) is 5.26. The summed E-state index contributed by atoms with van der Waals surface area (Å²) in [6.07, 6.45) is 3.15. The molecular formula is C15H24N4O. The molecule has 1 amide bonds. The summed E-state index contributed by atoms with van der Waals surface area (Å²) < 4.78 is 0. The molecule has 0 bridgehead atoms. The van der Waals surface area contributed by atoms with Crippen molar-refractivity contribution in [3.8, 4) is 0 Å². The second kappa shape index (κ2) is 6.70. The number of nitrogens with zero attached hydrogens (tertiary/aromatic N) is 2. The Bertz CT molecular complexity index is 475. The lowest BCUT2D eigenvalue weighted by molar-refractivity contribution is 0.0941. The molecule has 0 radical (unpaired) electrons. The summed E-state index contributed by atoms with van der Waals surface area (Å²) in [5.74, 6) is 0.349. The van der Waals surface area contributed by atoms with Gasteiger partial charge < -0.3 is 11.1 Å². The van der Waals surface area contributed by atoms with Gasteiger partial charge in [-0.05, 0) is 44.5 Å². The molecule has 0 aromatic carbocycles. The van der Waals surface area contributed by atoms with Gasteiger partial charge in [-0.15, -0.1) is 0 Å². The Kier molecular flexibility index (Phi) is 4.95. The minimum Gasteiger partial charge on any atom is -0.384 e. The van der Waals surface area contributed by atoms with Crippen molar-refractivity contribution in [3.05, 3.63) is 23.4 Å². The average molecular weight is 276 g/mol. The molecule has 1 saturated heterocycles. The number of aromatic nitrogens is 1. The maximum atomic E-state index is 12.2. The van der Waals surface area contributed by atoms with E-state index >= 15 is 0 Å². The first kappa shape index (κ1) is 14.8. The van der Waals surface area contributed by atoms with Crippen LogP contribution in [0.1, 0.15) is 42.7 Å². The van der Waals surface area contributed by atoms with E-state index in [0.717, 1.165) is 31.6 Å². The zero-order valence-electron chi connectivity index (χ0n) is 12.4. The van der Waals surface area contributed by atoms with Crippen molar-refractivity contribution >= 4 is 11.7 Å². The monoisotopic (exact) mass is 276 g/mol. The molecule has 0 spiro atoms. The van der Waals surface area contributed by atoms with Gasteiger partial charge in [-0.1, -0.05) is 13.8 Å². The summed E-state index contributed by atoms with van der Waals surface area (Å²) in [5.41, 5.74) is 7.20. The third-order valence-corrected chi connectivity index (χ3v) is 3.93. The number of pyridine rings is 1. The van der Waals surface area contributed by atoms with Crippen molar-refractivity contribution < 1.29 is 4.79 Å². The number of amides is 1. The van der Waals surface area contributed by atoms with Gasteiger partial charge in [0, 0.05) is 23.8 Å². The molecule has 1 atom stereocenters. The van der Waals surface area contributed by atoms with Crippen molar-refractivity contribution in [1.29, 1.82) is 0 Å². The van der Waals surface area contributed by atoms with Crippen molar-refractivity contribution in [3.63, 3.8) is 0 Å². The van der Waals surface area contributed by atoms with E-state index < -0.39 is 0 Å². The molecular weight excluding hydrogens is 252 g/mol. The standard InChI is InChI=1S/C15H24N4O/c1-3-12-8-11(9-14(16)18-12)15(20)17-10-13-6-5-7-19(13)4-2/h8-9,13H,3-7,10H2,1-2H3,(H2,16,18)(H,17,20). The van der Waals surface area contributed by atoms with Crippen LogP contribution in [0.4, 0.5) is 5.82 Å². The van der Waals surface area contributed by atoms with Crippen LogP contribution in [0.25, 0.3) is 0 Å². The average Bonchev–Trinajstić information content (AvgIpc) is 2.91. The molecule has 0 saturated carbocycles. The number of hydrogen-bond acceptors (Lipinski definition) is 4. The Morgan fingerprint density at radius 3 is 3.00 bits per heavy atom. The lowest BCUT2D eigenvalue weighted by Crippen LogP contribution is -2.40. The zero-order chi connectivity index (χ0) is 14.5. The number of aryl methyl sites for hydroxylation is 1. The minimum atomic E-state index is -0.0586. The van der Waals surface area contributed by atoms with Crippen LogP contribution in [-0.4, -0.2) is 41.5 Å². The van der Waals surface area contributed by atoms with Crippen LogP contribution in [0.5, 0.6) is 0 Å². The molecule has 5 heteroatoms. The smallest absolute Gasteiger partial charge is 0.251 e. The lowest BCUT2D eigenvalue weighted by atomic mass is 10.1. The van der Waals surface area contributed by atoms with Crippen LogP contribution in [0, 0.1) is 0 Å². The molecule has 1 fully saturated rings. The Morgan fingerprint density at radius 2 is 2.30 bits per heavy atom. The van der Waals surface area contributed by atoms with Crippen molar-refractivity contribution in [2.75, 3.05) is 25.4 Å². The molecule has 1 aromatic rings. The highest BCUT2D eigenvalue weighted by Gasteiger charge is 2.23. The van der Waals surface area contributed by atoms with Gasteiger partial charge in [0.1, 0.15) is 5.82 Å². The van der Waals surface area contributed by atoms with Gasteiger partial charge in [-0.2, -0.15) is 0 Å². The van der Waals surface area contributed by atoms with Gasteiger partial charge >= 0.3 is 0 Å². The Hall–Kier alpha value is -1.62. The Morgan fingerprint density at radius 1 is 1.50 bits per heavy atom. The summed E-state index contributed by atoms with van der Waals surface area (Å²) in [6.45, 7) is 7.05. The van der Waals surface area contributed by atoms with E-state index in [2.05, 4.69) is 22.1 Å². The molecule has 0 aliphatic carbocycles. The molecule has 20 heavy (non-hydrogen) atoms. The maximum Gasteiger partial charge on any atom is 0.251 e. The van der Waals surface area contributed by atoms with E-state index in [4.69, 9.17) is 5.73 Å². The molecule has 5 nitrogen and oxygen atoms in total. The highest BCUT2D eigenvalue weighted by atomic mass is 16.1. The summed E-state index contributed by atoms with van der Waals surface area (Å²) in [7, 11) is 0. The Balaban J connectivity index is 1.96. The Labute approximate surface area is 120 Å². The number of nitrogen functional groups attached to an aromatic ring is 1. The number of anilines is 1. The van der Waals surface area contributed by atoms with Crippen LogP contribution in [0.15, 0.2) is 12.1 Å². The molecule has 1 unspecified atom stereocenters. The molecule has 3 N–H and O–H groups in total. The third-order valence-electron chi connectivity index (χ3n) is 3.93. The molecule has 1 aliphatic heterocycles. The first-order chi connectivity index (χ1) is 9.63. The SMILES string of the molecule is CCc1cc(C(=O)NCC2CCCN2CC)cc(N)n1. The topological polar surface area (TPSA) is 71.2 Å². The van der Waals surface area contributed by atoms with E-state index in [1.807, 2.05) is 13.0 Å². The first-order valence-corrected chi connectivity index (χ1v) is 7.42. The van der Waals surface area contributed by atoms with Crippen molar-refractivity contribution in [2.45, 2.75) is 39.2 Å². The summed E-state index contributed by atoms with van der Waals surface area (Å²) in [6, 6.07) is 3.92. The third kappa shape index (κ3) is 3.48. The molecule has 110 valence electrons. The predicted molar refractivity (Wildman–Crippen MR) is 80.6 cm³/mol. The van der Waals surface area contributed by atoms with Gasteiger partial charge in [0.05, 0.1) is 0 Å². The number of carbonyl (C=O) groups excluding carboxylic acids is 1. The number of rotatable bonds is 5. The molecule has 2 rings (SSSR count). The van der Waals surface area contributed by atoms with Gasteiger partial charge in [0.25, 0.3) is 5.91 Å². The number of nitrogens with one attached hydrogen (secondary N) is 1. The fraction of sp³-hybridized carbons (Fsp3) is 0.600. The van der Waals surface area contributed by atoms with E-state index in [0.29, 0.717) is 24.0 Å². The fourth-order valence-corrected chi connectivity index (χ4v) is 2.78. The zero-order valence-corrected chi connectivity index (χ0v) is 12.4. The summed E-state index contributed by atoms with van der Waals surface area (Å²) >= 11 is 0. The minimum absolute atomic E-state index is 0.0586. The number of likely N-dealkylation sites (N-methyl/N-ethyl adjacent to an activating group) is 1. The van der Waals surface area contributed by atoms with Gasteiger partial charge in [0.15, 0.2) is 0 Å². The number of hydrogen-bond donors (Lipinski definition) is 2. The molecule has 1 aliphatic rings. The molecule has 2 heterocycles. The number of carbonyl (C=O) groups is 1. The molecule has 1 aromatic heterocycles. The maximum absolute atomic E-state index is 12.2. The van der Waals surface area contributed by atoms with Gasteiger partial charge in [0.2, 0.25) is 0 Å². The quantitative estimate of drug-likeness (QED) is 0.853. The van der Waals surface area contributed by atoms with E-state index in [1.165, 1.54) is 6.42 Å². The van der Waals surface area contributed by atoms with Crippen LogP contribution >= 0.6 is 0 Å². The highest BCUT2D eigenvalue weighted by Crippen LogP contribution is 2.16. The van der Waals surface area contributed by atoms with E-state index in [9.17, 15) is 4.79 Å². The summed E-state index contributed by atoms with van der Waals surface area (Å²) in [5, 5.41) is 3.02. The first-order valence-electron chi connectivity index (χ1n) is 7.42. The largest absolute Gasteiger partial charge is 0.384 e. The van der Waals surface area contributed by atoms with Crippen LogP contribution in [0.3, 0.4) is 0 Å². The van der Waals surface area contributed by atoms with Gasteiger partial charge in [-0.25, -0.2) is 4.98 Å². The van der Waals surface area contributed by atoms with Gasteiger partial charge in [-0.3, -0.25) is 9.69 Å². The predicted octanol–water partition coefficient (Wildman–Crippen LogP) is 1.44. The second-order valence-electron chi connectivity index (χ2n) is 5.26.